The van der Waals surface area contributed by atoms with Crippen LogP contribution < -0.4 is 4.74 Å². The quantitative estimate of drug-likeness (QED) is 0.312. The van der Waals surface area contributed by atoms with Crippen LogP contribution in [0.5, 0.6) is 5.75 Å². The topological polar surface area (TPSA) is 52.6 Å². The van der Waals surface area contributed by atoms with E-state index in [9.17, 15) is 9.59 Å². The van der Waals surface area contributed by atoms with Gasteiger partial charge in [-0.05, 0) is 54.5 Å². The number of hydrogen-bond donors (Lipinski definition) is 0. The molecule has 1 atom stereocenters. The van der Waals surface area contributed by atoms with Gasteiger partial charge in [-0.3, -0.25) is 4.79 Å². The molecule has 33 heavy (non-hydrogen) atoms. The van der Waals surface area contributed by atoms with Crippen LogP contribution in [0, 0.1) is 6.92 Å². The highest BCUT2D eigenvalue weighted by Crippen LogP contribution is 2.38. The summed E-state index contributed by atoms with van der Waals surface area (Å²) < 4.78 is 11.4. The Morgan fingerprint density at radius 3 is 2.09 bits per heavy atom. The lowest BCUT2D eigenvalue weighted by atomic mass is 9.81. The van der Waals surface area contributed by atoms with E-state index in [4.69, 9.17) is 9.47 Å². The number of carbonyl (C=O) groups excluding carboxylic acids is 2. The molecule has 0 aliphatic carbocycles. The van der Waals surface area contributed by atoms with Crippen molar-refractivity contribution in [1.29, 1.82) is 0 Å². The second kappa shape index (κ2) is 10.5. The van der Waals surface area contributed by atoms with E-state index >= 15 is 0 Å². The summed E-state index contributed by atoms with van der Waals surface area (Å²) in [7, 11) is 0. The Morgan fingerprint density at radius 2 is 1.52 bits per heavy atom. The van der Waals surface area contributed by atoms with Crippen molar-refractivity contribution in [2.75, 3.05) is 6.61 Å². The first-order valence-electron chi connectivity index (χ1n) is 11.3. The zero-order valence-electron chi connectivity index (χ0n) is 20.1. The minimum absolute atomic E-state index is 0.145. The molecule has 4 heteroatoms. The predicted molar refractivity (Wildman–Crippen MR) is 131 cm³/mol. The molecule has 3 rings (SSSR count). The maximum atomic E-state index is 13.2. The molecule has 0 amide bonds. The Labute approximate surface area is 196 Å². The molecule has 3 aromatic rings. The molecule has 0 aliphatic rings. The van der Waals surface area contributed by atoms with Gasteiger partial charge in [-0.2, -0.15) is 0 Å². The number of rotatable bonds is 7. The zero-order chi connectivity index (χ0) is 24.0. The average Bonchev–Trinajstić information content (AvgIpc) is 2.79. The lowest BCUT2D eigenvalue weighted by molar-refractivity contribution is -0.145. The highest BCUT2D eigenvalue weighted by Gasteiger charge is 2.30. The van der Waals surface area contributed by atoms with Crippen LogP contribution in [0.15, 0.2) is 72.8 Å². The van der Waals surface area contributed by atoms with Crippen molar-refractivity contribution in [2.24, 2.45) is 0 Å². The Hall–Kier alpha value is -3.40. The van der Waals surface area contributed by atoms with Gasteiger partial charge in [-0.25, -0.2) is 4.79 Å². The molecular weight excluding hydrogens is 412 g/mol. The fraction of sp³-hybridized carbons (Fsp3) is 0.310. The molecule has 0 radical (unpaired) electrons. The molecule has 172 valence electrons. The summed E-state index contributed by atoms with van der Waals surface area (Å²) in [5.41, 5.74) is 3.87. The van der Waals surface area contributed by atoms with E-state index in [1.54, 1.807) is 31.2 Å². The number of ether oxygens (including phenoxy) is 2. The van der Waals surface area contributed by atoms with Crippen molar-refractivity contribution in [3.63, 3.8) is 0 Å². The van der Waals surface area contributed by atoms with Gasteiger partial charge in [0.05, 0.1) is 18.1 Å². The summed E-state index contributed by atoms with van der Waals surface area (Å²) >= 11 is 0. The largest absolute Gasteiger partial charge is 0.466 e. The molecule has 0 saturated heterocycles. The van der Waals surface area contributed by atoms with Crippen LogP contribution in [0.25, 0.3) is 0 Å². The van der Waals surface area contributed by atoms with Gasteiger partial charge >= 0.3 is 11.9 Å². The smallest absolute Gasteiger partial charge is 0.343 e. The van der Waals surface area contributed by atoms with Crippen molar-refractivity contribution in [3.8, 4) is 5.75 Å². The summed E-state index contributed by atoms with van der Waals surface area (Å²) in [5.74, 6) is -0.965. The van der Waals surface area contributed by atoms with E-state index < -0.39 is 11.9 Å². The lowest BCUT2D eigenvalue weighted by Gasteiger charge is -2.26. The highest BCUT2D eigenvalue weighted by atomic mass is 16.5. The average molecular weight is 445 g/mol. The summed E-state index contributed by atoms with van der Waals surface area (Å²) in [5, 5.41) is 0. The van der Waals surface area contributed by atoms with Crippen molar-refractivity contribution in [3.05, 3.63) is 101 Å². The molecule has 0 aliphatic heterocycles. The van der Waals surface area contributed by atoms with Crippen molar-refractivity contribution in [2.45, 2.75) is 52.4 Å². The van der Waals surface area contributed by atoms with Crippen molar-refractivity contribution < 1.29 is 19.1 Å². The van der Waals surface area contributed by atoms with Crippen molar-refractivity contribution in [1.82, 2.24) is 0 Å². The third-order valence-corrected chi connectivity index (χ3v) is 5.60. The SMILES string of the molecule is CCOC(=O)C(Cc1ccccc1)c1cc(C(C)(C)C)cc(C)c1OC(=O)c1ccccc1. The Morgan fingerprint density at radius 1 is 0.909 bits per heavy atom. The highest BCUT2D eigenvalue weighted by molar-refractivity contribution is 5.91. The minimum Gasteiger partial charge on any atom is -0.466 e. The number of hydrogen-bond acceptors (Lipinski definition) is 4. The van der Waals surface area contributed by atoms with Gasteiger partial charge in [0.2, 0.25) is 0 Å². The second-order valence-corrected chi connectivity index (χ2v) is 9.21. The van der Waals surface area contributed by atoms with E-state index in [1.807, 2.05) is 55.5 Å². The maximum Gasteiger partial charge on any atom is 0.343 e. The standard InChI is InChI=1S/C29H32O4/c1-6-32-28(31)25(18-21-13-9-7-10-14-21)24-19-23(29(3,4)5)17-20(2)26(24)33-27(30)22-15-11-8-12-16-22/h7-17,19,25H,6,18H2,1-5H3. The molecule has 0 heterocycles. The van der Waals surface area contributed by atoms with E-state index in [0.717, 1.165) is 16.7 Å². The lowest BCUT2D eigenvalue weighted by Crippen LogP contribution is -2.22. The molecule has 1 unspecified atom stereocenters. The minimum atomic E-state index is -0.605. The second-order valence-electron chi connectivity index (χ2n) is 9.21. The van der Waals surface area contributed by atoms with Crippen LogP contribution in [0.1, 0.15) is 66.2 Å². The van der Waals surface area contributed by atoms with Gasteiger partial charge in [0.15, 0.2) is 0 Å². The van der Waals surface area contributed by atoms with E-state index in [1.165, 1.54) is 0 Å². The van der Waals surface area contributed by atoms with Crippen LogP contribution in [0.2, 0.25) is 0 Å². The zero-order valence-corrected chi connectivity index (χ0v) is 20.1. The molecule has 3 aromatic carbocycles. The van der Waals surface area contributed by atoms with Gasteiger partial charge in [0.1, 0.15) is 5.75 Å². The number of benzene rings is 3. The van der Waals surface area contributed by atoms with Gasteiger partial charge in [-0.1, -0.05) is 81.4 Å². The van der Waals surface area contributed by atoms with Gasteiger partial charge in [0, 0.05) is 5.56 Å². The molecule has 0 spiro atoms. The third-order valence-electron chi connectivity index (χ3n) is 5.60. The van der Waals surface area contributed by atoms with E-state index in [2.05, 4.69) is 20.8 Å². The molecule has 0 saturated carbocycles. The maximum absolute atomic E-state index is 13.2. The number of esters is 2. The fourth-order valence-electron chi connectivity index (χ4n) is 3.77. The van der Waals surface area contributed by atoms with Crippen molar-refractivity contribution >= 4 is 11.9 Å². The Bertz CT molecular complexity index is 1100. The number of aryl methyl sites for hydroxylation is 1. The first kappa shape index (κ1) is 24.2. The molecule has 0 N–H and O–H groups in total. The fourth-order valence-corrected chi connectivity index (χ4v) is 3.77. The first-order chi connectivity index (χ1) is 15.7. The van der Waals surface area contributed by atoms with Crippen LogP contribution in [0.3, 0.4) is 0 Å². The summed E-state index contributed by atoms with van der Waals surface area (Å²) in [4.78, 5) is 26.1. The number of carbonyl (C=O) groups is 2. The van der Waals surface area contributed by atoms with Crippen LogP contribution >= 0.6 is 0 Å². The summed E-state index contributed by atoms with van der Waals surface area (Å²) in [6, 6.07) is 22.7. The molecule has 0 bridgehead atoms. The normalized spacial score (nSPS) is 12.2. The molecular formula is C29H32O4. The van der Waals surface area contributed by atoms with Crippen LogP contribution in [0.4, 0.5) is 0 Å². The summed E-state index contributed by atoms with van der Waals surface area (Å²) in [6.45, 7) is 10.4. The van der Waals surface area contributed by atoms with Crippen LogP contribution in [-0.2, 0) is 21.4 Å². The predicted octanol–water partition coefficient (Wildman–Crippen LogP) is 6.40. The Balaban J connectivity index is 2.13. The van der Waals surface area contributed by atoms with Crippen LogP contribution in [-0.4, -0.2) is 18.5 Å². The third kappa shape index (κ3) is 6.10. The molecule has 0 fully saturated rings. The van der Waals surface area contributed by atoms with Gasteiger partial charge < -0.3 is 9.47 Å². The van der Waals surface area contributed by atoms with Gasteiger partial charge in [-0.15, -0.1) is 0 Å². The van der Waals surface area contributed by atoms with E-state index in [0.29, 0.717) is 23.3 Å². The first-order valence-corrected chi connectivity index (χ1v) is 11.3. The molecule has 4 nitrogen and oxygen atoms in total. The Kier molecular flexibility index (Phi) is 7.70. The summed E-state index contributed by atoms with van der Waals surface area (Å²) in [6.07, 6.45) is 0.447. The van der Waals surface area contributed by atoms with E-state index in [-0.39, 0.29) is 18.0 Å². The van der Waals surface area contributed by atoms with Gasteiger partial charge in [0.25, 0.3) is 0 Å². The monoisotopic (exact) mass is 444 g/mol. The molecule has 0 aromatic heterocycles.